The van der Waals surface area contributed by atoms with Crippen molar-refractivity contribution in [3.63, 3.8) is 0 Å². The second-order valence-electron chi connectivity index (χ2n) is 4.63. The second-order valence-corrected chi connectivity index (χ2v) is 4.63. The van der Waals surface area contributed by atoms with Crippen LogP contribution in [0.25, 0.3) is 0 Å². The molecule has 1 aromatic rings. The first-order chi connectivity index (χ1) is 8.26. The van der Waals surface area contributed by atoms with Crippen LogP contribution < -0.4 is 4.90 Å². The first-order valence-electron chi connectivity index (χ1n) is 6.25. The van der Waals surface area contributed by atoms with E-state index >= 15 is 0 Å². The van der Waals surface area contributed by atoms with Crippen LogP contribution in [0.3, 0.4) is 0 Å². The number of piperidine rings is 1. The Morgan fingerprint density at radius 1 is 1.41 bits per heavy atom. The van der Waals surface area contributed by atoms with Gasteiger partial charge in [0.05, 0.1) is 11.3 Å². The number of anilines is 1. The van der Waals surface area contributed by atoms with Crippen LogP contribution in [-0.4, -0.2) is 19.4 Å². The number of hydrogen-bond acceptors (Lipinski definition) is 2. The molecule has 0 aromatic heterocycles. The van der Waals surface area contributed by atoms with Gasteiger partial charge in [-0.1, -0.05) is 19.4 Å². The summed E-state index contributed by atoms with van der Waals surface area (Å²) in [7, 11) is 0. The van der Waals surface area contributed by atoms with Gasteiger partial charge < -0.3 is 4.90 Å². The molecule has 1 heterocycles. The van der Waals surface area contributed by atoms with Crippen molar-refractivity contribution in [2.24, 2.45) is 5.92 Å². The molecule has 2 rings (SSSR count). The zero-order chi connectivity index (χ0) is 12.3. The van der Waals surface area contributed by atoms with Gasteiger partial charge in [0.25, 0.3) is 0 Å². The van der Waals surface area contributed by atoms with E-state index in [2.05, 4.69) is 11.8 Å². The van der Waals surface area contributed by atoms with E-state index in [-0.39, 0.29) is 5.56 Å². The summed E-state index contributed by atoms with van der Waals surface area (Å²) in [5.41, 5.74) is 0.942. The highest BCUT2D eigenvalue weighted by Crippen LogP contribution is 2.27. The zero-order valence-corrected chi connectivity index (χ0v) is 10.2. The molecule has 0 saturated carbocycles. The smallest absolute Gasteiger partial charge is 0.155 e. The summed E-state index contributed by atoms with van der Waals surface area (Å²) >= 11 is 0. The third-order valence-electron chi connectivity index (χ3n) is 3.68. The molecule has 0 unspecified atom stereocenters. The standard InChI is InChI=1S/C14H18FNO/c1-2-11-6-8-16(9-7-11)14-5-3-4-13(15)12(14)10-17/h3-5,10-11H,2,6-9H2,1H3. The molecule has 17 heavy (non-hydrogen) atoms. The third-order valence-corrected chi connectivity index (χ3v) is 3.68. The van der Waals surface area contributed by atoms with Crippen LogP contribution in [0.2, 0.25) is 0 Å². The summed E-state index contributed by atoms with van der Waals surface area (Å²) in [6, 6.07) is 4.84. The number of nitrogens with zero attached hydrogens (tertiary/aromatic N) is 1. The molecule has 1 saturated heterocycles. The fourth-order valence-corrected chi connectivity index (χ4v) is 2.50. The molecule has 0 N–H and O–H groups in total. The van der Waals surface area contributed by atoms with Gasteiger partial charge in [0, 0.05) is 13.1 Å². The van der Waals surface area contributed by atoms with E-state index < -0.39 is 5.82 Å². The number of rotatable bonds is 3. The van der Waals surface area contributed by atoms with Gasteiger partial charge >= 0.3 is 0 Å². The lowest BCUT2D eigenvalue weighted by Gasteiger charge is -2.33. The average Bonchev–Trinajstić information content (AvgIpc) is 2.38. The zero-order valence-electron chi connectivity index (χ0n) is 10.2. The van der Waals surface area contributed by atoms with Crippen LogP contribution in [-0.2, 0) is 0 Å². The van der Waals surface area contributed by atoms with Crippen LogP contribution in [0.4, 0.5) is 10.1 Å². The minimum absolute atomic E-state index is 0.197. The maximum absolute atomic E-state index is 13.5. The largest absolute Gasteiger partial charge is 0.371 e. The Morgan fingerprint density at radius 3 is 2.71 bits per heavy atom. The van der Waals surface area contributed by atoms with E-state index in [4.69, 9.17) is 0 Å². The lowest BCUT2D eigenvalue weighted by Crippen LogP contribution is -2.34. The van der Waals surface area contributed by atoms with Crippen molar-refractivity contribution in [3.8, 4) is 0 Å². The minimum Gasteiger partial charge on any atom is -0.371 e. The molecule has 1 aromatic carbocycles. The molecule has 0 amide bonds. The maximum atomic E-state index is 13.5. The molecule has 1 aliphatic heterocycles. The van der Waals surface area contributed by atoms with Crippen molar-refractivity contribution in [3.05, 3.63) is 29.6 Å². The average molecular weight is 235 g/mol. The first-order valence-corrected chi connectivity index (χ1v) is 6.25. The van der Waals surface area contributed by atoms with Gasteiger partial charge in [-0.05, 0) is 30.9 Å². The van der Waals surface area contributed by atoms with Crippen molar-refractivity contribution >= 4 is 12.0 Å². The van der Waals surface area contributed by atoms with Crippen molar-refractivity contribution in [1.82, 2.24) is 0 Å². The quantitative estimate of drug-likeness (QED) is 0.749. The number of carbonyl (C=O) groups excluding carboxylic acids is 1. The maximum Gasteiger partial charge on any atom is 0.155 e. The van der Waals surface area contributed by atoms with E-state index in [1.54, 1.807) is 6.07 Å². The Morgan fingerprint density at radius 2 is 2.12 bits per heavy atom. The molecule has 1 fully saturated rings. The lowest BCUT2D eigenvalue weighted by molar-refractivity contribution is 0.112. The van der Waals surface area contributed by atoms with Gasteiger partial charge in [-0.15, -0.1) is 0 Å². The third kappa shape index (κ3) is 2.48. The van der Waals surface area contributed by atoms with Crippen LogP contribution >= 0.6 is 0 Å². The summed E-state index contributed by atoms with van der Waals surface area (Å²) in [5.74, 6) is 0.356. The van der Waals surface area contributed by atoms with Crippen molar-refractivity contribution < 1.29 is 9.18 Å². The summed E-state index contributed by atoms with van der Waals surface area (Å²) < 4.78 is 13.5. The molecule has 92 valence electrons. The topological polar surface area (TPSA) is 20.3 Å². The van der Waals surface area contributed by atoms with Crippen molar-refractivity contribution in [1.29, 1.82) is 0 Å². The Bertz CT molecular complexity index is 397. The molecular weight excluding hydrogens is 217 g/mol. The molecule has 0 radical (unpaired) electrons. The van der Waals surface area contributed by atoms with E-state index in [0.717, 1.165) is 37.5 Å². The SMILES string of the molecule is CCC1CCN(c2cccc(F)c2C=O)CC1. The first kappa shape index (κ1) is 12.1. The highest BCUT2D eigenvalue weighted by atomic mass is 19.1. The van der Waals surface area contributed by atoms with E-state index in [1.807, 2.05) is 6.07 Å². The van der Waals surface area contributed by atoms with Gasteiger partial charge in [0.1, 0.15) is 5.82 Å². The monoisotopic (exact) mass is 235 g/mol. The molecule has 0 atom stereocenters. The van der Waals surface area contributed by atoms with Crippen LogP contribution in [0.1, 0.15) is 36.5 Å². The van der Waals surface area contributed by atoms with Gasteiger partial charge in [-0.3, -0.25) is 4.79 Å². The molecule has 0 bridgehead atoms. The van der Waals surface area contributed by atoms with E-state index in [0.29, 0.717) is 6.29 Å². The van der Waals surface area contributed by atoms with E-state index in [1.165, 1.54) is 12.5 Å². The molecule has 0 aliphatic carbocycles. The number of benzene rings is 1. The van der Waals surface area contributed by atoms with E-state index in [9.17, 15) is 9.18 Å². The number of carbonyl (C=O) groups is 1. The van der Waals surface area contributed by atoms with Gasteiger partial charge in [0.2, 0.25) is 0 Å². The summed E-state index contributed by atoms with van der Waals surface area (Å²) in [4.78, 5) is 13.1. The minimum atomic E-state index is -0.421. The van der Waals surface area contributed by atoms with Gasteiger partial charge in [0.15, 0.2) is 6.29 Å². The predicted molar refractivity (Wildman–Crippen MR) is 67.0 cm³/mol. The number of aldehydes is 1. The highest BCUT2D eigenvalue weighted by molar-refractivity contribution is 5.85. The second kappa shape index (κ2) is 5.30. The molecule has 0 spiro atoms. The lowest BCUT2D eigenvalue weighted by atomic mass is 9.94. The molecule has 2 nitrogen and oxygen atoms in total. The van der Waals surface area contributed by atoms with Crippen LogP contribution in [0, 0.1) is 11.7 Å². The van der Waals surface area contributed by atoms with Gasteiger partial charge in [-0.25, -0.2) is 4.39 Å². The van der Waals surface area contributed by atoms with Crippen LogP contribution in [0.5, 0.6) is 0 Å². The molecule has 3 heteroatoms. The predicted octanol–water partition coefficient (Wildman–Crippen LogP) is 3.26. The fourth-order valence-electron chi connectivity index (χ4n) is 2.50. The fraction of sp³-hybridized carbons (Fsp3) is 0.500. The highest BCUT2D eigenvalue weighted by Gasteiger charge is 2.20. The van der Waals surface area contributed by atoms with Crippen molar-refractivity contribution in [2.75, 3.05) is 18.0 Å². The summed E-state index contributed by atoms with van der Waals surface area (Å²) in [6.07, 6.45) is 4.09. The Labute approximate surface area is 101 Å². The van der Waals surface area contributed by atoms with Crippen molar-refractivity contribution in [2.45, 2.75) is 26.2 Å². The Hall–Kier alpha value is -1.38. The summed E-state index contributed by atoms with van der Waals surface area (Å²) in [6.45, 7) is 4.05. The summed E-state index contributed by atoms with van der Waals surface area (Å²) in [5, 5.41) is 0. The Kier molecular flexibility index (Phi) is 3.77. The number of hydrogen-bond donors (Lipinski definition) is 0. The van der Waals surface area contributed by atoms with Crippen LogP contribution in [0.15, 0.2) is 18.2 Å². The molecule has 1 aliphatic rings. The molecular formula is C14H18FNO. The van der Waals surface area contributed by atoms with Gasteiger partial charge in [-0.2, -0.15) is 0 Å². The Balaban J connectivity index is 2.18. The normalized spacial score (nSPS) is 17.2. The number of halogens is 1.